The standard InChI is InChI=1S/C33H44B3N3O12/c1-21(37-31(40)24-4-10-27(11-5-24)34(43)44)16-49-19-30(51-18-23(3)39-33(42)26-8-14-29(15-9-26)36(47)48)20-50-17-22(2)38-32(41)25-6-12-28(13-7-25)35(45)46/h4-15,21-23,30,43-48H,16-20H2,1-3H3,(H,37,40)(H,38,41)(H,39,42). The molecule has 0 saturated carbocycles. The molecule has 0 aromatic heterocycles. The molecule has 51 heavy (non-hydrogen) atoms. The minimum Gasteiger partial charge on any atom is -0.423 e. The monoisotopic (exact) mass is 707 g/mol. The lowest BCUT2D eigenvalue weighted by Gasteiger charge is -2.23. The van der Waals surface area contributed by atoms with Crippen LogP contribution in [0.4, 0.5) is 0 Å². The van der Waals surface area contributed by atoms with Gasteiger partial charge in [0.25, 0.3) is 17.7 Å². The molecule has 0 saturated heterocycles. The second kappa shape index (κ2) is 20.7. The molecule has 0 aliphatic carbocycles. The summed E-state index contributed by atoms with van der Waals surface area (Å²) < 4.78 is 17.7. The number of benzene rings is 3. The average molecular weight is 707 g/mol. The number of carbonyl (C=O) groups is 3. The van der Waals surface area contributed by atoms with E-state index in [2.05, 4.69) is 16.0 Å². The summed E-state index contributed by atoms with van der Waals surface area (Å²) >= 11 is 0. The summed E-state index contributed by atoms with van der Waals surface area (Å²) in [5, 5.41) is 64.0. The van der Waals surface area contributed by atoms with Crippen LogP contribution in [0, 0.1) is 0 Å². The number of carbonyl (C=O) groups excluding carboxylic acids is 3. The van der Waals surface area contributed by atoms with E-state index in [1.165, 1.54) is 72.8 Å². The van der Waals surface area contributed by atoms with E-state index in [-0.39, 0.29) is 67.1 Å². The van der Waals surface area contributed by atoms with Gasteiger partial charge < -0.3 is 60.3 Å². The fourth-order valence-electron chi connectivity index (χ4n) is 4.64. The molecule has 18 heteroatoms. The van der Waals surface area contributed by atoms with Crippen LogP contribution in [-0.2, 0) is 14.2 Å². The molecule has 3 rings (SSSR count). The summed E-state index contributed by atoms with van der Waals surface area (Å²) in [5.74, 6) is -1.12. The van der Waals surface area contributed by atoms with E-state index in [0.29, 0.717) is 16.7 Å². The maximum atomic E-state index is 12.7. The Morgan fingerprint density at radius 1 is 0.490 bits per heavy atom. The Morgan fingerprint density at radius 3 is 1.04 bits per heavy atom. The normalized spacial score (nSPS) is 13.4. The van der Waals surface area contributed by atoms with Gasteiger partial charge in [-0.3, -0.25) is 14.4 Å². The van der Waals surface area contributed by atoms with Crippen molar-refractivity contribution in [2.75, 3.05) is 33.0 Å². The van der Waals surface area contributed by atoms with Crippen LogP contribution in [0.15, 0.2) is 72.8 Å². The van der Waals surface area contributed by atoms with Crippen molar-refractivity contribution in [2.45, 2.75) is 45.0 Å². The predicted molar refractivity (Wildman–Crippen MR) is 191 cm³/mol. The van der Waals surface area contributed by atoms with Crippen LogP contribution in [0.25, 0.3) is 0 Å². The second-order valence-electron chi connectivity index (χ2n) is 12.1. The van der Waals surface area contributed by atoms with E-state index in [9.17, 15) is 44.5 Å². The Kier molecular flexibility index (Phi) is 16.8. The molecule has 272 valence electrons. The summed E-state index contributed by atoms with van der Waals surface area (Å²) in [4.78, 5) is 37.9. The first-order chi connectivity index (χ1) is 24.2. The zero-order valence-corrected chi connectivity index (χ0v) is 28.6. The quantitative estimate of drug-likeness (QED) is 0.0532. The largest absolute Gasteiger partial charge is 0.488 e. The first kappa shape index (κ1) is 41.3. The Labute approximate surface area is 297 Å². The summed E-state index contributed by atoms with van der Waals surface area (Å²) in [6.45, 7) is 5.74. The van der Waals surface area contributed by atoms with E-state index >= 15 is 0 Å². The van der Waals surface area contributed by atoms with E-state index < -0.39 is 45.6 Å². The lowest BCUT2D eigenvalue weighted by atomic mass is 9.80. The van der Waals surface area contributed by atoms with Gasteiger partial charge in [0, 0.05) is 34.8 Å². The molecule has 0 aliphatic rings. The SMILES string of the molecule is CC(COCC(COCC(C)NC(=O)c1ccc(B(O)O)cc1)OCC(C)NC(=O)c1ccc(B(O)O)cc1)NC(=O)c1ccc(B(O)O)cc1. The first-order valence-corrected chi connectivity index (χ1v) is 16.3. The van der Waals surface area contributed by atoms with Crippen LogP contribution in [0.1, 0.15) is 51.8 Å². The number of rotatable bonds is 20. The third kappa shape index (κ3) is 14.2. The van der Waals surface area contributed by atoms with Gasteiger partial charge in [0.2, 0.25) is 0 Å². The fraction of sp³-hybridized carbons (Fsp3) is 0.364. The van der Waals surface area contributed by atoms with Crippen LogP contribution in [0.5, 0.6) is 0 Å². The minimum absolute atomic E-state index is 0.0682. The first-order valence-electron chi connectivity index (χ1n) is 16.3. The molecule has 0 fully saturated rings. The summed E-state index contributed by atoms with van der Waals surface area (Å²) in [6, 6.07) is 16.3. The molecule has 0 aliphatic heterocycles. The molecule has 3 unspecified atom stereocenters. The van der Waals surface area contributed by atoms with Gasteiger partial charge in [-0.05, 0) is 73.6 Å². The molecule has 3 aromatic carbocycles. The molecule has 15 nitrogen and oxygen atoms in total. The third-order valence-corrected chi connectivity index (χ3v) is 7.47. The van der Waals surface area contributed by atoms with Crippen molar-refractivity contribution in [3.63, 3.8) is 0 Å². The number of hydrogen-bond acceptors (Lipinski definition) is 12. The Morgan fingerprint density at radius 2 is 0.765 bits per heavy atom. The Bertz CT molecular complexity index is 1450. The van der Waals surface area contributed by atoms with Crippen molar-refractivity contribution in [1.29, 1.82) is 0 Å². The summed E-state index contributed by atoms with van der Waals surface area (Å²) in [7, 11) is -4.92. The van der Waals surface area contributed by atoms with Crippen LogP contribution in [0.3, 0.4) is 0 Å². The lowest BCUT2D eigenvalue weighted by molar-refractivity contribution is -0.0671. The highest BCUT2D eigenvalue weighted by atomic mass is 16.6. The zero-order chi connectivity index (χ0) is 37.5. The summed E-state index contributed by atoms with van der Waals surface area (Å²) in [6.07, 6.45) is -0.601. The van der Waals surface area contributed by atoms with Gasteiger partial charge in [-0.2, -0.15) is 0 Å². The maximum Gasteiger partial charge on any atom is 0.488 e. The number of nitrogens with one attached hydrogen (secondary N) is 3. The minimum atomic E-state index is -1.64. The molecule has 3 atom stereocenters. The zero-order valence-electron chi connectivity index (χ0n) is 28.6. The molecular weight excluding hydrogens is 663 g/mol. The number of amides is 3. The smallest absolute Gasteiger partial charge is 0.423 e. The van der Waals surface area contributed by atoms with Crippen molar-refractivity contribution in [3.8, 4) is 0 Å². The van der Waals surface area contributed by atoms with Crippen LogP contribution < -0.4 is 32.3 Å². The van der Waals surface area contributed by atoms with Gasteiger partial charge in [-0.25, -0.2) is 0 Å². The molecule has 0 bridgehead atoms. The van der Waals surface area contributed by atoms with Gasteiger partial charge in [0.15, 0.2) is 0 Å². The Balaban J connectivity index is 1.52. The molecule has 0 spiro atoms. The van der Waals surface area contributed by atoms with Crippen molar-refractivity contribution in [1.82, 2.24) is 16.0 Å². The summed E-state index contributed by atoms with van der Waals surface area (Å²) in [5.41, 5.74) is 1.76. The van der Waals surface area contributed by atoms with Crippen molar-refractivity contribution in [2.24, 2.45) is 0 Å². The highest BCUT2D eigenvalue weighted by molar-refractivity contribution is 6.59. The van der Waals surface area contributed by atoms with Crippen molar-refractivity contribution < 1.29 is 58.7 Å². The van der Waals surface area contributed by atoms with Gasteiger partial charge in [-0.15, -0.1) is 0 Å². The van der Waals surface area contributed by atoms with E-state index in [0.717, 1.165) is 0 Å². The fourth-order valence-corrected chi connectivity index (χ4v) is 4.64. The second-order valence-corrected chi connectivity index (χ2v) is 12.1. The van der Waals surface area contributed by atoms with Crippen LogP contribution in [0.2, 0.25) is 0 Å². The van der Waals surface area contributed by atoms with Gasteiger partial charge >= 0.3 is 21.4 Å². The molecule has 9 N–H and O–H groups in total. The number of hydrogen-bond donors (Lipinski definition) is 9. The third-order valence-electron chi connectivity index (χ3n) is 7.47. The molecule has 3 aromatic rings. The van der Waals surface area contributed by atoms with Gasteiger partial charge in [-0.1, -0.05) is 36.4 Å². The Hall–Kier alpha value is -4.10. The highest BCUT2D eigenvalue weighted by Crippen LogP contribution is 2.04. The number of ether oxygens (including phenoxy) is 3. The van der Waals surface area contributed by atoms with Crippen molar-refractivity contribution in [3.05, 3.63) is 89.5 Å². The molecule has 3 amide bonds. The average Bonchev–Trinajstić information content (AvgIpc) is 3.10. The van der Waals surface area contributed by atoms with Crippen molar-refractivity contribution >= 4 is 55.5 Å². The maximum absolute atomic E-state index is 12.7. The lowest BCUT2D eigenvalue weighted by Crippen LogP contribution is -2.41. The predicted octanol–water partition coefficient (Wildman–Crippen LogP) is -3.10. The van der Waals surface area contributed by atoms with E-state index in [1.54, 1.807) is 20.8 Å². The van der Waals surface area contributed by atoms with E-state index in [4.69, 9.17) is 14.2 Å². The highest BCUT2D eigenvalue weighted by Gasteiger charge is 2.19. The van der Waals surface area contributed by atoms with Crippen LogP contribution in [-0.4, -0.2) is 126 Å². The molecule has 0 radical (unpaired) electrons. The van der Waals surface area contributed by atoms with Gasteiger partial charge in [0.1, 0.15) is 6.10 Å². The molecule has 0 heterocycles. The topological polar surface area (TPSA) is 236 Å². The molecular formula is C33H44B3N3O12. The van der Waals surface area contributed by atoms with Gasteiger partial charge in [0.05, 0.1) is 33.0 Å². The van der Waals surface area contributed by atoms with Crippen LogP contribution >= 0.6 is 0 Å². The van der Waals surface area contributed by atoms with E-state index in [1.807, 2.05) is 0 Å².